The number of rotatable bonds is 2. The number of nitrogens with zero attached hydrogens (tertiary/aromatic N) is 2. The summed E-state index contributed by atoms with van der Waals surface area (Å²) >= 11 is 0. The maximum Gasteiger partial charge on any atom is 0.219 e. The molecule has 0 unspecified atom stereocenters. The summed E-state index contributed by atoms with van der Waals surface area (Å²) in [5, 5.41) is 0. The monoisotopic (exact) mass is 166 g/mol. The molecule has 66 valence electrons. The van der Waals surface area contributed by atoms with Crippen LogP contribution in [0.1, 0.15) is 31.2 Å². The van der Waals surface area contributed by atoms with E-state index in [0.717, 1.165) is 11.4 Å². The molecule has 1 aromatic rings. The molecule has 1 aromatic heterocycles. The van der Waals surface area contributed by atoms with Gasteiger partial charge in [0.15, 0.2) is 0 Å². The van der Waals surface area contributed by atoms with Crippen molar-refractivity contribution in [1.82, 2.24) is 9.97 Å². The van der Waals surface area contributed by atoms with Crippen LogP contribution in [0, 0.1) is 6.92 Å². The Hall–Kier alpha value is -1.12. The van der Waals surface area contributed by atoms with E-state index in [4.69, 9.17) is 4.74 Å². The number of hydrogen-bond acceptors (Lipinski definition) is 3. The second-order valence-corrected chi connectivity index (χ2v) is 3.04. The first-order valence-corrected chi connectivity index (χ1v) is 4.02. The third kappa shape index (κ3) is 1.72. The minimum atomic E-state index is 0.403. The van der Waals surface area contributed by atoms with Crippen molar-refractivity contribution in [1.29, 1.82) is 0 Å². The van der Waals surface area contributed by atoms with Crippen LogP contribution >= 0.6 is 0 Å². The molecule has 0 atom stereocenters. The van der Waals surface area contributed by atoms with Crippen molar-refractivity contribution in [3.05, 3.63) is 17.6 Å². The first-order valence-electron chi connectivity index (χ1n) is 4.02. The highest BCUT2D eigenvalue weighted by atomic mass is 16.5. The lowest BCUT2D eigenvalue weighted by Crippen LogP contribution is -2.00. The summed E-state index contributed by atoms with van der Waals surface area (Å²) in [5.41, 5.74) is 1.06. The topological polar surface area (TPSA) is 35.0 Å². The second-order valence-electron chi connectivity index (χ2n) is 3.04. The van der Waals surface area contributed by atoms with Crippen LogP contribution in [0.25, 0.3) is 0 Å². The van der Waals surface area contributed by atoms with Gasteiger partial charge >= 0.3 is 0 Å². The van der Waals surface area contributed by atoms with Gasteiger partial charge in [0.1, 0.15) is 5.82 Å². The third-order valence-electron chi connectivity index (χ3n) is 1.72. The molecular weight excluding hydrogens is 152 g/mol. The Balaban J connectivity index is 3.11. The molecule has 0 aliphatic carbocycles. The smallest absolute Gasteiger partial charge is 0.219 e. The Kier molecular flexibility index (Phi) is 2.63. The highest BCUT2D eigenvalue weighted by Crippen LogP contribution is 2.22. The van der Waals surface area contributed by atoms with Gasteiger partial charge in [0.2, 0.25) is 5.88 Å². The van der Waals surface area contributed by atoms with Crippen LogP contribution in [0.5, 0.6) is 5.88 Å². The van der Waals surface area contributed by atoms with Crippen LogP contribution in [0.15, 0.2) is 6.20 Å². The van der Waals surface area contributed by atoms with Crippen LogP contribution in [-0.4, -0.2) is 17.1 Å². The minimum Gasteiger partial charge on any atom is -0.481 e. The molecule has 0 aromatic carbocycles. The lowest BCUT2D eigenvalue weighted by atomic mass is 10.1. The Morgan fingerprint density at radius 2 is 2.08 bits per heavy atom. The second kappa shape index (κ2) is 3.52. The van der Waals surface area contributed by atoms with Gasteiger partial charge in [-0.1, -0.05) is 13.8 Å². The number of aromatic nitrogens is 2. The molecule has 0 aliphatic heterocycles. The van der Waals surface area contributed by atoms with Crippen LogP contribution < -0.4 is 4.74 Å². The van der Waals surface area contributed by atoms with Crippen molar-refractivity contribution >= 4 is 0 Å². The van der Waals surface area contributed by atoms with Gasteiger partial charge < -0.3 is 4.74 Å². The van der Waals surface area contributed by atoms with Crippen molar-refractivity contribution in [3.63, 3.8) is 0 Å². The predicted octanol–water partition coefficient (Wildman–Crippen LogP) is 1.92. The summed E-state index contributed by atoms with van der Waals surface area (Å²) in [4.78, 5) is 8.30. The molecule has 0 saturated heterocycles. The molecule has 3 heteroatoms. The van der Waals surface area contributed by atoms with E-state index in [1.54, 1.807) is 7.11 Å². The molecule has 1 rings (SSSR count). The van der Waals surface area contributed by atoms with Gasteiger partial charge in [0.05, 0.1) is 7.11 Å². The van der Waals surface area contributed by atoms with Crippen LogP contribution in [0.3, 0.4) is 0 Å². The van der Waals surface area contributed by atoms with E-state index in [1.165, 1.54) is 0 Å². The summed E-state index contributed by atoms with van der Waals surface area (Å²) < 4.78 is 5.14. The minimum absolute atomic E-state index is 0.403. The van der Waals surface area contributed by atoms with Gasteiger partial charge in [-0.2, -0.15) is 4.98 Å². The van der Waals surface area contributed by atoms with Gasteiger partial charge in [-0.15, -0.1) is 0 Å². The molecule has 0 fully saturated rings. The quantitative estimate of drug-likeness (QED) is 0.673. The van der Waals surface area contributed by atoms with Crippen LogP contribution in [0.4, 0.5) is 0 Å². The van der Waals surface area contributed by atoms with Crippen molar-refractivity contribution in [2.24, 2.45) is 0 Å². The van der Waals surface area contributed by atoms with Gasteiger partial charge in [-0.3, -0.25) is 0 Å². The standard InChI is InChI=1S/C9H14N2O/c1-6(2)8-5-10-7(3)11-9(8)12-4/h5-6H,1-4H3. The average Bonchev–Trinajstić information content (AvgIpc) is 2.03. The van der Waals surface area contributed by atoms with Crippen molar-refractivity contribution in [3.8, 4) is 5.88 Å². The molecule has 0 saturated carbocycles. The van der Waals surface area contributed by atoms with E-state index in [2.05, 4.69) is 23.8 Å². The maximum atomic E-state index is 5.14. The van der Waals surface area contributed by atoms with E-state index < -0.39 is 0 Å². The Morgan fingerprint density at radius 3 is 2.58 bits per heavy atom. The summed E-state index contributed by atoms with van der Waals surface area (Å²) in [6.45, 7) is 6.04. The lowest BCUT2D eigenvalue weighted by molar-refractivity contribution is 0.387. The molecule has 0 bridgehead atoms. The summed E-state index contributed by atoms with van der Waals surface area (Å²) in [6, 6.07) is 0. The normalized spacial score (nSPS) is 10.4. The molecule has 12 heavy (non-hydrogen) atoms. The number of ether oxygens (including phenoxy) is 1. The fourth-order valence-corrected chi connectivity index (χ4v) is 1.02. The Bertz CT molecular complexity index is 271. The SMILES string of the molecule is COc1nc(C)ncc1C(C)C. The fraction of sp³-hybridized carbons (Fsp3) is 0.556. The first kappa shape index (κ1) is 8.97. The molecule has 0 N–H and O–H groups in total. The van der Waals surface area contributed by atoms with Gasteiger partial charge in [-0.05, 0) is 12.8 Å². The number of aryl methyl sites for hydroxylation is 1. The average molecular weight is 166 g/mol. The molecule has 3 nitrogen and oxygen atoms in total. The third-order valence-corrected chi connectivity index (χ3v) is 1.72. The van der Waals surface area contributed by atoms with Crippen molar-refractivity contribution in [2.75, 3.05) is 7.11 Å². The Morgan fingerprint density at radius 1 is 1.42 bits per heavy atom. The van der Waals surface area contributed by atoms with E-state index >= 15 is 0 Å². The molecule has 0 spiro atoms. The van der Waals surface area contributed by atoms with Gasteiger partial charge in [0, 0.05) is 11.8 Å². The molecular formula is C9H14N2O. The Labute approximate surface area is 72.8 Å². The first-order chi connectivity index (χ1) is 5.65. The number of methoxy groups -OCH3 is 1. The van der Waals surface area contributed by atoms with Crippen molar-refractivity contribution in [2.45, 2.75) is 26.7 Å². The van der Waals surface area contributed by atoms with Gasteiger partial charge in [0.25, 0.3) is 0 Å². The zero-order valence-electron chi connectivity index (χ0n) is 7.96. The van der Waals surface area contributed by atoms with Crippen molar-refractivity contribution < 1.29 is 4.74 Å². The van der Waals surface area contributed by atoms with Crippen LogP contribution in [0.2, 0.25) is 0 Å². The van der Waals surface area contributed by atoms with E-state index in [0.29, 0.717) is 11.8 Å². The largest absolute Gasteiger partial charge is 0.481 e. The molecule has 0 radical (unpaired) electrons. The lowest BCUT2D eigenvalue weighted by Gasteiger charge is -2.09. The fourth-order valence-electron chi connectivity index (χ4n) is 1.02. The van der Waals surface area contributed by atoms with E-state index in [1.807, 2.05) is 13.1 Å². The summed E-state index contributed by atoms with van der Waals surface area (Å²) in [5.74, 6) is 1.84. The van der Waals surface area contributed by atoms with E-state index in [9.17, 15) is 0 Å². The molecule has 1 heterocycles. The van der Waals surface area contributed by atoms with E-state index in [-0.39, 0.29) is 0 Å². The summed E-state index contributed by atoms with van der Waals surface area (Å²) in [6.07, 6.45) is 1.83. The summed E-state index contributed by atoms with van der Waals surface area (Å²) in [7, 11) is 1.63. The maximum absolute atomic E-state index is 5.14. The zero-order chi connectivity index (χ0) is 9.14. The zero-order valence-corrected chi connectivity index (χ0v) is 7.96. The predicted molar refractivity (Wildman–Crippen MR) is 47.4 cm³/mol. The highest BCUT2D eigenvalue weighted by Gasteiger charge is 2.08. The van der Waals surface area contributed by atoms with Crippen LogP contribution in [-0.2, 0) is 0 Å². The highest BCUT2D eigenvalue weighted by molar-refractivity contribution is 5.26. The molecule has 0 aliphatic rings. The molecule has 0 amide bonds. The van der Waals surface area contributed by atoms with Gasteiger partial charge in [-0.25, -0.2) is 4.98 Å². The number of hydrogen-bond donors (Lipinski definition) is 0.